The third kappa shape index (κ3) is 4.88. The summed E-state index contributed by atoms with van der Waals surface area (Å²) in [6.07, 6.45) is 0. The van der Waals surface area contributed by atoms with Gasteiger partial charge in [-0.2, -0.15) is 0 Å². The maximum atomic E-state index is 12.3. The molecule has 0 unspecified atom stereocenters. The first-order valence-electron chi connectivity index (χ1n) is 9.25. The van der Waals surface area contributed by atoms with Crippen LogP contribution in [0.5, 0.6) is 0 Å². The summed E-state index contributed by atoms with van der Waals surface area (Å²) in [5.41, 5.74) is 3.88. The quantitative estimate of drug-likeness (QED) is 0.527. The molecule has 0 fully saturated rings. The van der Waals surface area contributed by atoms with Crippen molar-refractivity contribution >= 4 is 50.4 Å². The van der Waals surface area contributed by atoms with Crippen molar-refractivity contribution in [2.75, 3.05) is 18.5 Å². The number of fused-ring (bicyclic) bond motifs is 1. The Bertz CT molecular complexity index is 1140. The zero-order valence-electron chi connectivity index (χ0n) is 16.8. The van der Waals surface area contributed by atoms with Crippen LogP contribution in [0, 0.1) is 20.8 Å². The molecule has 1 aromatic heterocycles. The molecule has 30 heavy (non-hydrogen) atoms. The third-order valence-electron chi connectivity index (χ3n) is 4.74. The number of furan rings is 1. The highest BCUT2D eigenvalue weighted by molar-refractivity contribution is 9.10. The Kier molecular flexibility index (Phi) is 6.56. The zero-order valence-corrected chi connectivity index (χ0v) is 18.4. The highest BCUT2D eigenvalue weighted by Gasteiger charge is 2.20. The molecular formula is C22H21BrN2O5. The zero-order chi connectivity index (χ0) is 21.8. The Morgan fingerprint density at radius 1 is 1.03 bits per heavy atom. The number of ether oxygens (including phenoxy) is 1. The van der Waals surface area contributed by atoms with E-state index in [1.165, 1.54) is 0 Å². The number of carbonyl (C=O) groups excluding carboxylic acids is 3. The predicted molar refractivity (Wildman–Crippen MR) is 116 cm³/mol. The molecule has 8 heteroatoms. The van der Waals surface area contributed by atoms with Crippen molar-refractivity contribution in [1.82, 2.24) is 5.32 Å². The van der Waals surface area contributed by atoms with Crippen molar-refractivity contribution in [2.45, 2.75) is 20.8 Å². The van der Waals surface area contributed by atoms with E-state index in [9.17, 15) is 14.4 Å². The first-order chi connectivity index (χ1) is 14.3. The summed E-state index contributed by atoms with van der Waals surface area (Å²) in [5, 5.41) is 5.95. The Hall–Kier alpha value is -3.13. The number of anilines is 1. The van der Waals surface area contributed by atoms with Gasteiger partial charge in [-0.15, -0.1) is 0 Å². The Labute approximate surface area is 181 Å². The molecule has 1 heterocycles. The van der Waals surface area contributed by atoms with Crippen LogP contribution < -0.4 is 10.6 Å². The molecule has 2 aromatic carbocycles. The lowest BCUT2D eigenvalue weighted by molar-refractivity contribution is -0.126. The Balaban J connectivity index is 1.51. The fourth-order valence-corrected chi connectivity index (χ4v) is 3.26. The number of rotatable bonds is 6. The first-order valence-corrected chi connectivity index (χ1v) is 10.0. The highest BCUT2D eigenvalue weighted by atomic mass is 79.9. The molecule has 0 aliphatic heterocycles. The van der Waals surface area contributed by atoms with Gasteiger partial charge in [-0.05, 0) is 56.2 Å². The molecular weight excluding hydrogens is 452 g/mol. The standard InChI is InChI=1S/C22H21BrN2O5/c1-12-5-4-6-17(13(12)2)25-19(26)10-24-20(27)11-29-22(28)21-14(3)16-9-15(23)7-8-18(16)30-21/h4-9H,10-11H2,1-3H3,(H,24,27)(H,25,26). The monoisotopic (exact) mass is 472 g/mol. The van der Waals surface area contributed by atoms with E-state index in [1.54, 1.807) is 25.1 Å². The maximum absolute atomic E-state index is 12.3. The lowest BCUT2D eigenvalue weighted by atomic mass is 10.1. The largest absolute Gasteiger partial charge is 0.450 e. The average Bonchev–Trinajstić information content (AvgIpc) is 3.04. The fourth-order valence-electron chi connectivity index (χ4n) is 2.90. The summed E-state index contributed by atoms with van der Waals surface area (Å²) in [4.78, 5) is 36.3. The van der Waals surface area contributed by atoms with E-state index in [0.29, 0.717) is 16.8 Å². The molecule has 0 saturated heterocycles. The van der Waals surface area contributed by atoms with Gasteiger partial charge in [0.1, 0.15) is 5.58 Å². The lowest BCUT2D eigenvalue weighted by Gasteiger charge is -2.11. The summed E-state index contributed by atoms with van der Waals surface area (Å²) in [7, 11) is 0. The molecule has 0 spiro atoms. The molecule has 0 atom stereocenters. The topological polar surface area (TPSA) is 97.6 Å². The van der Waals surface area contributed by atoms with Gasteiger partial charge < -0.3 is 19.8 Å². The summed E-state index contributed by atoms with van der Waals surface area (Å²) in [6, 6.07) is 11.0. The molecule has 156 valence electrons. The van der Waals surface area contributed by atoms with Crippen molar-refractivity contribution in [1.29, 1.82) is 0 Å². The normalized spacial score (nSPS) is 10.7. The van der Waals surface area contributed by atoms with Gasteiger partial charge in [0.2, 0.25) is 11.7 Å². The Morgan fingerprint density at radius 2 is 1.80 bits per heavy atom. The van der Waals surface area contributed by atoms with E-state index in [1.807, 2.05) is 32.0 Å². The van der Waals surface area contributed by atoms with E-state index in [-0.39, 0.29) is 18.2 Å². The van der Waals surface area contributed by atoms with Crippen LogP contribution >= 0.6 is 15.9 Å². The van der Waals surface area contributed by atoms with E-state index in [4.69, 9.17) is 9.15 Å². The lowest BCUT2D eigenvalue weighted by Crippen LogP contribution is -2.35. The highest BCUT2D eigenvalue weighted by Crippen LogP contribution is 2.28. The molecule has 0 aliphatic rings. The van der Waals surface area contributed by atoms with Crippen LogP contribution in [0.4, 0.5) is 5.69 Å². The van der Waals surface area contributed by atoms with Crippen LogP contribution in [0.25, 0.3) is 11.0 Å². The smallest absolute Gasteiger partial charge is 0.375 e. The number of hydrogen-bond donors (Lipinski definition) is 2. The van der Waals surface area contributed by atoms with Crippen LogP contribution in [0.1, 0.15) is 27.2 Å². The molecule has 7 nitrogen and oxygen atoms in total. The van der Waals surface area contributed by atoms with Crippen LogP contribution in [0.3, 0.4) is 0 Å². The number of carbonyl (C=O) groups is 3. The molecule has 0 radical (unpaired) electrons. The molecule has 3 aromatic rings. The van der Waals surface area contributed by atoms with Gasteiger partial charge in [0.25, 0.3) is 5.91 Å². The van der Waals surface area contributed by atoms with Crippen molar-refractivity contribution in [2.24, 2.45) is 0 Å². The minimum Gasteiger partial charge on any atom is -0.450 e. The van der Waals surface area contributed by atoms with Gasteiger partial charge >= 0.3 is 5.97 Å². The number of hydrogen-bond acceptors (Lipinski definition) is 5. The van der Waals surface area contributed by atoms with Crippen molar-refractivity contribution in [3.63, 3.8) is 0 Å². The Morgan fingerprint density at radius 3 is 2.57 bits per heavy atom. The number of amides is 2. The van der Waals surface area contributed by atoms with E-state index in [2.05, 4.69) is 26.6 Å². The number of nitrogens with one attached hydrogen (secondary N) is 2. The van der Waals surface area contributed by atoms with Crippen LogP contribution in [0.2, 0.25) is 0 Å². The molecule has 2 amide bonds. The summed E-state index contributed by atoms with van der Waals surface area (Å²) >= 11 is 3.38. The van der Waals surface area contributed by atoms with E-state index >= 15 is 0 Å². The van der Waals surface area contributed by atoms with Gasteiger partial charge in [-0.3, -0.25) is 9.59 Å². The van der Waals surface area contributed by atoms with Crippen LogP contribution in [0.15, 0.2) is 45.3 Å². The molecule has 0 aliphatic carbocycles. The summed E-state index contributed by atoms with van der Waals surface area (Å²) in [5.74, 6) is -1.66. The van der Waals surface area contributed by atoms with Gasteiger partial charge in [0.05, 0.1) is 6.54 Å². The average molecular weight is 473 g/mol. The van der Waals surface area contributed by atoms with Crippen molar-refractivity contribution in [3.8, 4) is 0 Å². The summed E-state index contributed by atoms with van der Waals surface area (Å²) < 4.78 is 11.4. The van der Waals surface area contributed by atoms with Crippen molar-refractivity contribution in [3.05, 3.63) is 63.3 Å². The minimum absolute atomic E-state index is 0.0450. The second kappa shape index (κ2) is 9.13. The SMILES string of the molecule is Cc1cccc(NC(=O)CNC(=O)COC(=O)c2oc3ccc(Br)cc3c2C)c1C. The second-order valence-corrected chi connectivity index (χ2v) is 7.76. The number of aryl methyl sites for hydroxylation is 2. The predicted octanol–water partition coefficient (Wildman–Crippen LogP) is 4.03. The molecule has 0 bridgehead atoms. The fraction of sp³-hybridized carbons (Fsp3) is 0.227. The second-order valence-electron chi connectivity index (χ2n) is 6.85. The van der Waals surface area contributed by atoms with E-state index < -0.39 is 18.5 Å². The van der Waals surface area contributed by atoms with Gasteiger partial charge in [0, 0.05) is 21.1 Å². The van der Waals surface area contributed by atoms with Gasteiger partial charge in [-0.25, -0.2) is 4.79 Å². The van der Waals surface area contributed by atoms with Crippen LogP contribution in [-0.4, -0.2) is 30.9 Å². The number of halogens is 1. The number of esters is 1. The summed E-state index contributed by atoms with van der Waals surface area (Å²) in [6.45, 7) is 4.84. The van der Waals surface area contributed by atoms with Crippen LogP contribution in [-0.2, 0) is 14.3 Å². The van der Waals surface area contributed by atoms with E-state index in [0.717, 1.165) is 21.0 Å². The third-order valence-corrected chi connectivity index (χ3v) is 5.24. The molecule has 0 saturated carbocycles. The number of benzene rings is 2. The maximum Gasteiger partial charge on any atom is 0.375 e. The first kappa shape index (κ1) is 21.6. The molecule has 2 N–H and O–H groups in total. The van der Waals surface area contributed by atoms with Gasteiger partial charge in [0.15, 0.2) is 6.61 Å². The minimum atomic E-state index is -0.741. The van der Waals surface area contributed by atoms with Crippen molar-refractivity contribution < 1.29 is 23.5 Å². The van der Waals surface area contributed by atoms with Gasteiger partial charge in [-0.1, -0.05) is 28.1 Å². The molecule has 3 rings (SSSR count).